The van der Waals surface area contributed by atoms with Gasteiger partial charge in [0.1, 0.15) is 6.61 Å². The highest BCUT2D eigenvalue weighted by Crippen LogP contribution is 2.29. The summed E-state index contributed by atoms with van der Waals surface area (Å²) >= 11 is 0. The molecule has 1 aromatic carbocycles. The lowest BCUT2D eigenvalue weighted by atomic mass is 10.1. The third kappa shape index (κ3) is 7.13. The minimum Gasteiger partial charge on any atom is -0.476 e. The lowest BCUT2D eigenvalue weighted by molar-refractivity contribution is -0.137. The van der Waals surface area contributed by atoms with Gasteiger partial charge in [0.05, 0.1) is 25.3 Å². The number of nitrogens with zero attached hydrogens (tertiary/aromatic N) is 3. The van der Waals surface area contributed by atoms with Gasteiger partial charge in [0.2, 0.25) is 5.88 Å². The van der Waals surface area contributed by atoms with E-state index in [1.54, 1.807) is 7.05 Å². The fourth-order valence-electron chi connectivity index (χ4n) is 3.36. The minimum absolute atomic E-state index is 0.154. The highest BCUT2D eigenvalue weighted by Gasteiger charge is 2.30. The zero-order valence-corrected chi connectivity index (χ0v) is 17.4. The topological polar surface area (TPSA) is 59.0 Å². The van der Waals surface area contributed by atoms with Crippen LogP contribution in [0.1, 0.15) is 17.5 Å². The van der Waals surface area contributed by atoms with Gasteiger partial charge in [-0.15, -0.1) is 0 Å². The summed E-state index contributed by atoms with van der Waals surface area (Å²) in [5, 5.41) is 3.22. The SMILES string of the molecule is CN=C(NCCOc1ccc(C(F)(F)F)cn1)N1CCC(COCc2ccccc2)C1. The zero-order chi connectivity index (χ0) is 22.1. The quantitative estimate of drug-likeness (QED) is 0.389. The molecule has 31 heavy (non-hydrogen) atoms. The Morgan fingerprint density at radius 1 is 1.23 bits per heavy atom. The van der Waals surface area contributed by atoms with E-state index in [4.69, 9.17) is 9.47 Å². The van der Waals surface area contributed by atoms with Gasteiger partial charge >= 0.3 is 6.18 Å². The molecule has 2 heterocycles. The number of aliphatic imine (C=N–C) groups is 1. The van der Waals surface area contributed by atoms with Crippen molar-refractivity contribution in [3.8, 4) is 5.88 Å². The Balaban J connectivity index is 1.34. The third-order valence-electron chi connectivity index (χ3n) is 4.96. The number of nitrogens with one attached hydrogen (secondary N) is 1. The minimum atomic E-state index is -4.40. The molecule has 1 N–H and O–H groups in total. The Hall–Kier alpha value is -2.81. The van der Waals surface area contributed by atoms with Crippen LogP contribution in [0, 0.1) is 5.92 Å². The van der Waals surface area contributed by atoms with E-state index >= 15 is 0 Å². The molecule has 1 aromatic heterocycles. The van der Waals surface area contributed by atoms with E-state index in [0.29, 0.717) is 25.7 Å². The van der Waals surface area contributed by atoms with E-state index in [9.17, 15) is 13.2 Å². The number of pyridine rings is 1. The van der Waals surface area contributed by atoms with Crippen LogP contribution in [0.15, 0.2) is 53.7 Å². The molecule has 1 atom stereocenters. The smallest absolute Gasteiger partial charge is 0.417 e. The van der Waals surface area contributed by atoms with Crippen LogP contribution in [0.5, 0.6) is 5.88 Å². The van der Waals surface area contributed by atoms with Crippen molar-refractivity contribution in [1.82, 2.24) is 15.2 Å². The lowest BCUT2D eigenvalue weighted by Gasteiger charge is -2.21. The van der Waals surface area contributed by atoms with Crippen molar-refractivity contribution in [2.75, 3.05) is 39.9 Å². The molecule has 1 aliphatic heterocycles. The number of rotatable bonds is 8. The Bertz CT molecular complexity index is 829. The van der Waals surface area contributed by atoms with Crippen molar-refractivity contribution in [1.29, 1.82) is 0 Å². The van der Waals surface area contributed by atoms with Gasteiger partial charge in [0.25, 0.3) is 0 Å². The molecule has 0 saturated carbocycles. The van der Waals surface area contributed by atoms with E-state index in [2.05, 4.69) is 32.3 Å². The summed E-state index contributed by atoms with van der Waals surface area (Å²) in [6.45, 7) is 3.77. The molecular formula is C22H27F3N4O2. The van der Waals surface area contributed by atoms with E-state index in [-0.39, 0.29) is 12.5 Å². The molecule has 0 bridgehead atoms. The molecule has 168 valence electrons. The molecule has 0 amide bonds. The first-order chi connectivity index (χ1) is 15.0. The molecule has 1 fully saturated rings. The second-order valence-corrected chi connectivity index (χ2v) is 7.31. The first kappa shape index (κ1) is 22.9. The van der Waals surface area contributed by atoms with Crippen LogP contribution in [0.3, 0.4) is 0 Å². The molecule has 1 aliphatic rings. The van der Waals surface area contributed by atoms with Gasteiger partial charge < -0.3 is 19.7 Å². The van der Waals surface area contributed by atoms with Gasteiger partial charge in [-0.3, -0.25) is 4.99 Å². The summed E-state index contributed by atoms with van der Waals surface area (Å²) in [4.78, 5) is 10.2. The number of likely N-dealkylation sites (tertiary alicyclic amines) is 1. The van der Waals surface area contributed by atoms with Crippen molar-refractivity contribution in [3.05, 3.63) is 59.8 Å². The van der Waals surface area contributed by atoms with Crippen LogP contribution in [-0.4, -0.2) is 55.7 Å². The average Bonchev–Trinajstić information content (AvgIpc) is 3.23. The molecular weight excluding hydrogens is 409 g/mol. The molecule has 1 unspecified atom stereocenters. The van der Waals surface area contributed by atoms with Crippen molar-refractivity contribution in [2.45, 2.75) is 19.2 Å². The normalized spacial score (nSPS) is 17.1. The number of hydrogen-bond acceptors (Lipinski definition) is 4. The summed E-state index contributed by atoms with van der Waals surface area (Å²) < 4.78 is 48.9. The fraction of sp³-hybridized carbons (Fsp3) is 0.455. The van der Waals surface area contributed by atoms with Gasteiger partial charge in [0.15, 0.2) is 5.96 Å². The maximum absolute atomic E-state index is 12.6. The molecule has 2 aromatic rings. The van der Waals surface area contributed by atoms with Crippen LogP contribution >= 0.6 is 0 Å². The molecule has 0 radical (unpaired) electrons. The Labute approximate surface area is 180 Å². The summed E-state index contributed by atoms with van der Waals surface area (Å²) in [6.07, 6.45) is -2.60. The number of aromatic nitrogens is 1. The number of guanidine groups is 1. The van der Waals surface area contributed by atoms with Gasteiger partial charge in [-0.1, -0.05) is 30.3 Å². The summed E-state index contributed by atoms with van der Waals surface area (Å²) in [5.41, 5.74) is 0.368. The van der Waals surface area contributed by atoms with E-state index in [1.807, 2.05) is 18.2 Å². The van der Waals surface area contributed by atoms with E-state index in [0.717, 1.165) is 43.3 Å². The molecule has 0 spiro atoms. The summed E-state index contributed by atoms with van der Waals surface area (Å²) in [5.74, 6) is 1.37. The van der Waals surface area contributed by atoms with Gasteiger partial charge in [-0.25, -0.2) is 4.98 Å². The van der Waals surface area contributed by atoms with E-state index < -0.39 is 11.7 Å². The number of alkyl halides is 3. The van der Waals surface area contributed by atoms with Crippen molar-refractivity contribution >= 4 is 5.96 Å². The highest BCUT2D eigenvalue weighted by atomic mass is 19.4. The fourth-order valence-corrected chi connectivity index (χ4v) is 3.36. The van der Waals surface area contributed by atoms with Gasteiger partial charge in [-0.05, 0) is 18.1 Å². The predicted octanol–water partition coefficient (Wildman–Crippen LogP) is 3.59. The predicted molar refractivity (Wildman–Crippen MR) is 112 cm³/mol. The number of benzene rings is 1. The Morgan fingerprint density at radius 3 is 2.71 bits per heavy atom. The second kappa shape index (κ2) is 11.0. The average molecular weight is 436 g/mol. The molecule has 3 rings (SSSR count). The largest absolute Gasteiger partial charge is 0.476 e. The summed E-state index contributed by atoms with van der Waals surface area (Å²) in [6, 6.07) is 12.3. The monoisotopic (exact) mass is 436 g/mol. The van der Waals surface area contributed by atoms with Gasteiger partial charge in [0, 0.05) is 38.3 Å². The van der Waals surface area contributed by atoms with Crippen LogP contribution in [-0.2, 0) is 17.5 Å². The Morgan fingerprint density at radius 2 is 2.03 bits per heavy atom. The summed E-state index contributed by atoms with van der Waals surface area (Å²) in [7, 11) is 1.72. The second-order valence-electron chi connectivity index (χ2n) is 7.31. The molecule has 9 heteroatoms. The Kier molecular flexibility index (Phi) is 8.11. The standard InChI is InChI=1S/C22H27F3N4O2/c1-26-21(27-10-12-31-20-8-7-19(13-28-20)22(23,24)25)29-11-9-18(14-29)16-30-15-17-5-3-2-4-6-17/h2-8,13,18H,9-12,14-16H2,1H3,(H,26,27). The van der Waals surface area contributed by atoms with Crippen LogP contribution in [0.2, 0.25) is 0 Å². The highest BCUT2D eigenvalue weighted by molar-refractivity contribution is 5.80. The number of hydrogen-bond donors (Lipinski definition) is 1. The first-order valence-electron chi connectivity index (χ1n) is 10.2. The first-order valence-corrected chi connectivity index (χ1v) is 10.2. The lowest BCUT2D eigenvalue weighted by Crippen LogP contribution is -2.41. The van der Waals surface area contributed by atoms with Crippen molar-refractivity contribution in [2.24, 2.45) is 10.9 Å². The molecule has 6 nitrogen and oxygen atoms in total. The maximum atomic E-state index is 12.6. The van der Waals surface area contributed by atoms with Gasteiger partial charge in [-0.2, -0.15) is 13.2 Å². The number of ether oxygens (including phenoxy) is 2. The molecule has 1 saturated heterocycles. The van der Waals surface area contributed by atoms with Crippen LogP contribution in [0.25, 0.3) is 0 Å². The van der Waals surface area contributed by atoms with Crippen LogP contribution < -0.4 is 10.1 Å². The third-order valence-corrected chi connectivity index (χ3v) is 4.96. The van der Waals surface area contributed by atoms with Crippen LogP contribution in [0.4, 0.5) is 13.2 Å². The molecule has 0 aliphatic carbocycles. The number of halogens is 3. The van der Waals surface area contributed by atoms with Crippen molar-refractivity contribution in [3.63, 3.8) is 0 Å². The van der Waals surface area contributed by atoms with Crippen molar-refractivity contribution < 1.29 is 22.6 Å². The van der Waals surface area contributed by atoms with E-state index in [1.165, 1.54) is 6.07 Å². The maximum Gasteiger partial charge on any atom is 0.417 e. The zero-order valence-electron chi connectivity index (χ0n) is 17.4.